The summed E-state index contributed by atoms with van der Waals surface area (Å²) in [6.45, 7) is 11.0. The number of rotatable bonds is 0. The van der Waals surface area contributed by atoms with Gasteiger partial charge in [0, 0.05) is 5.41 Å². The average molecular weight is 162 g/mol. The van der Waals surface area contributed by atoms with Crippen molar-refractivity contribution in [3.63, 3.8) is 0 Å². The Bertz CT molecular complexity index is 266. The SMILES string of the molecule is C=C=C1C[C@H]2CC[C@]1(C)C2(C)C. The third kappa shape index (κ3) is 0.653. The largest absolute Gasteiger partial charge is 0.129 e. The van der Waals surface area contributed by atoms with Gasteiger partial charge in [-0.1, -0.05) is 27.4 Å². The molecule has 0 N–H and O–H groups in total. The lowest BCUT2D eigenvalue weighted by Crippen LogP contribution is -2.27. The molecule has 12 heavy (non-hydrogen) atoms. The number of fused-ring (bicyclic) bond motifs is 2. The Morgan fingerprint density at radius 2 is 2.08 bits per heavy atom. The van der Waals surface area contributed by atoms with Crippen LogP contribution in [0.25, 0.3) is 0 Å². The van der Waals surface area contributed by atoms with Crippen LogP contribution in [0.15, 0.2) is 17.9 Å². The summed E-state index contributed by atoms with van der Waals surface area (Å²) in [5.41, 5.74) is 5.56. The van der Waals surface area contributed by atoms with Gasteiger partial charge in [-0.2, -0.15) is 0 Å². The van der Waals surface area contributed by atoms with Gasteiger partial charge in [-0.05, 0) is 36.2 Å². The zero-order valence-electron chi connectivity index (χ0n) is 8.41. The first-order valence-electron chi connectivity index (χ1n) is 4.92. The zero-order valence-corrected chi connectivity index (χ0v) is 8.41. The molecule has 0 aromatic carbocycles. The summed E-state index contributed by atoms with van der Waals surface area (Å²) in [4.78, 5) is 0. The second kappa shape index (κ2) is 2.06. The third-order valence-electron chi connectivity index (χ3n) is 4.77. The average Bonchev–Trinajstić information content (AvgIpc) is 2.34. The summed E-state index contributed by atoms with van der Waals surface area (Å²) in [6, 6.07) is 0. The fraction of sp³-hybridized carbons (Fsp3) is 0.750. The van der Waals surface area contributed by atoms with E-state index in [-0.39, 0.29) is 0 Å². The Kier molecular flexibility index (Phi) is 1.40. The van der Waals surface area contributed by atoms with Crippen molar-refractivity contribution in [1.29, 1.82) is 0 Å². The monoisotopic (exact) mass is 162 g/mol. The predicted molar refractivity (Wildman–Crippen MR) is 51.9 cm³/mol. The summed E-state index contributed by atoms with van der Waals surface area (Å²) >= 11 is 0. The highest BCUT2D eigenvalue weighted by Crippen LogP contribution is 2.67. The summed E-state index contributed by atoms with van der Waals surface area (Å²) < 4.78 is 0. The highest BCUT2D eigenvalue weighted by atomic mass is 14.6. The molecule has 0 aromatic heterocycles. The van der Waals surface area contributed by atoms with Crippen molar-refractivity contribution in [3.8, 4) is 0 Å². The van der Waals surface area contributed by atoms with Crippen LogP contribution in [0.2, 0.25) is 0 Å². The molecule has 0 unspecified atom stereocenters. The molecule has 2 rings (SSSR count). The van der Waals surface area contributed by atoms with Crippen LogP contribution in [0.4, 0.5) is 0 Å². The van der Waals surface area contributed by atoms with E-state index in [1.54, 1.807) is 0 Å². The maximum absolute atomic E-state index is 3.81. The standard InChI is InChI=1S/C12H18/c1-5-9-8-10-6-7-12(9,4)11(10,2)3/h10H,1,6-8H2,2-4H3/t10-,12+/m1/s1. The van der Waals surface area contributed by atoms with Crippen LogP contribution in [0.5, 0.6) is 0 Å². The van der Waals surface area contributed by atoms with Crippen LogP contribution in [-0.2, 0) is 0 Å². The van der Waals surface area contributed by atoms with Crippen molar-refractivity contribution < 1.29 is 0 Å². The first-order valence-corrected chi connectivity index (χ1v) is 4.92. The van der Waals surface area contributed by atoms with Crippen LogP contribution in [-0.4, -0.2) is 0 Å². The number of hydrogen-bond donors (Lipinski definition) is 0. The molecule has 0 saturated heterocycles. The van der Waals surface area contributed by atoms with Crippen LogP contribution >= 0.6 is 0 Å². The second-order valence-electron chi connectivity index (χ2n) is 5.15. The van der Waals surface area contributed by atoms with E-state index >= 15 is 0 Å². The molecular formula is C12H18. The molecule has 0 spiro atoms. The van der Waals surface area contributed by atoms with Crippen LogP contribution in [0.1, 0.15) is 40.0 Å². The van der Waals surface area contributed by atoms with Crippen molar-refractivity contribution >= 4 is 0 Å². The Morgan fingerprint density at radius 1 is 1.42 bits per heavy atom. The zero-order chi connectivity index (χ0) is 8.98. The molecule has 0 aromatic rings. The third-order valence-corrected chi connectivity index (χ3v) is 4.77. The van der Waals surface area contributed by atoms with E-state index in [9.17, 15) is 0 Å². The quantitative estimate of drug-likeness (QED) is 0.478. The maximum Gasteiger partial charge on any atom is 0.00133 e. The highest BCUT2D eigenvalue weighted by molar-refractivity contribution is 5.28. The number of hydrogen-bond acceptors (Lipinski definition) is 0. The van der Waals surface area contributed by atoms with Crippen molar-refractivity contribution in [2.24, 2.45) is 16.7 Å². The predicted octanol–water partition coefficient (Wildman–Crippen LogP) is 3.54. The molecule has 0 heteroatoms. The lowest BCUT2D eigenvalue weighted by Gasteiger charge is -2.34. The summed E-state index contributed by atoms with van der Waals surface area (Å²) in [5, 5.41) is 0. The molecule has 2 atom stereocenters. The van der Waals surface area contributed by atoms with E-state index in [1.165, 1.54) is 24.8 Å². The van der Waals surface area contributed by atoms with Crippen LogP contribution in [0, 0.1) is 16.7 Å². The van der Waals surface area contributed by atoms with E-state index < -0.39 is 0 Å². The summed E-state index contributed by atoms with van der Waals surface area (Å²) in [7, 11) is 0. The van der Waals surface area contributed by atoms with Crippen LogP contribution < -0.4 is 0 Å². The molecule has 2 aliphatic rings. The van der Waals surface area contributed by atoms with Crippen molar-refractivity contribution in [2.75, 3.05) is 0 Å². The molecule has 0 aliphatic heterocycles. The van der Waals surface area contributed by atoms with E-state index in [0.717, 1.165) is 5.92 Å². The highest BCUT2D eigenvalue weighted by Gasteiger charge is 2.58. The minimum atomic E-state index is 0.416. The Morgan fingerprint density at radius 3 is 2.33 bits per heavy atom. The van der Waals surface area contributed by atoms with Crippen LogP contribution in [0.3, 0.4) is 0 Å². The lowest BCUT2D eigenvalue weighted by molar-refractivity contribution is 0.179. The van der Waals surface area contributed by atoms with Crippen molar-refractivity contribution in [2.45, 2.75) is 40.0 Å². The van der Waals surface area contributed by atoms with E-state index in [1.807, 2.05) is 0 Å². The van der Waals surface area contributed by atoms with Gasteiger partial charge < -0.3 is 0 Å². The van der Waals surface area contributed by atoms with Gasteiger partial charge in [0.15, 0.2) is 0 Å². The number of allylic oxidation sites excluding steroid dienone is 1. The molecule has 0 radical (unpaired) electrons. The minimum Gasteiger partial charge on any atom is -0.129 e. The normalized spacial score (nSPS) is 43.2. The molecule has 2 fully saturated rings. The molecule has 0 amide bonds. The first-order chi connectivity index (χ1) is 5.52. The molecule has 2 bridgehead atoms. The molecule has 66 valence electrons. The molecule has 0 nitrogen and oxygen atoms in total. The Balaban J connectivity index is 2.53. The van der Waals surface area contributed by atoms with Gasteiger partial charge in [-0.15, -0.1) is 5.73 Å². The van der Waals surface area contributed by atoms with Gasteiger partial charge in [-0.3, -0.25) is 0 Å². The molecule has 0 heterocycles. The minimum absolute atomic E-state index is 0.416. The van der Waals surface area contributed by atoms with E-state index in [0.29, 0.717) is 10.8 Å². The van der Waals surface area contributed by atoms with Crippen molar-refractivity contribution in [3.05, 3.63) is 17.9 Å². The molecule has 2 aliphatic carbocycles. The summed E-state index contributed by atoms with van der Waals surface area (Å²) in [5.74, 6) is 0.895. The molecular weight excluding hydrogens is 144 g/mol. The lowest BCUT2D eigenvalue weighted by atomic mass is 9.69. The molecule has 2 saturated carbocycles. The Labute approximate surface area is 75.4 Å². The first kappa shape index (κ1) is 8.13. The fourth-order valence-corrected chi connectivity index (χ4v) is 3.23. The van der Waals surface area contributed by atoms with Gasteiger partial charge in [0.1, 0.15) is 0 Å². The second-order valence-corrected chi connectivity index (χ2v) is 5.15. The topological polar surface area (TPSA) is 0 Å². The van der Waals surface area contributed by atoms with E-state index in [2.05, 4.69) is 33.1 Å². The Hall–Kier alpha value is -0.480. The van der Waals surface area contributed by atoms with Gasteiger partial charge in [0.05, 0.1) is 0 Å². The van der Waals surface area contributed by atoms with Gasteiger partial charge >= 0.3 is 0 Å². The fourth-order valence-electron chi connectivity index (χ4n) is 3.23. The van der Waals surface area contributed by atoms with Gasteiger partial charge in [-0.25, -0.2) is 0 Å². The van der Waals surface area contributed by atoms with Gasteiger partial charge in [0.2, 0.25) is 0 Å². The summed E-state index contributed by atoms with van der Waals surface area (Å²) in [6.07, 6.45) is 4.02. The van der Waals surface area contributed by atoms with Crippen molar-refractivity contribution in [1.82, 2.24) is 0 Å². The maximum atomic E-state index is 3.81. The smallest absolute Gasteiger partial charge is 0.00133 e. The van der Waals surface area contributed by atoms with E-state index in [4.69, 9.17) is 0 Å². The van der Waals surface area contributed by atoms with Gasteiger partial charge in [0.25, 0.3) is 0 Å².